The molecule has 1 N–H and O–H groups in total. The summed E-state index contributed by atoms with van der Waals surface area (Å²) in [6.45, 7) is 1.59. The number of fused-ring (bicyclic) bond motifs is 1. The number of hydrogen-bond donors (Lipinski definition) is 1. The fourth-order valence-electron chi connectivity index (χ4n) is 2.62. The van der Waals surface area contributed by atoms with Gasteiger partial charge in [-0.05, 0) is 43.3 Å². The molecule has 0 bridgehead atoms. The van der Waals surface area contributed by atoms with Crippen molar-refractivity contribution in [3.63, 3.8) is 0 Å². The Morgan fingerprint density at radius 3 is 2.59 bits per heavy atom. The SMILES string of the molecule is CCS(=O)(=O)Nc1cccc(-c2ccc3nnc(-c4ccncc4)n3n2)c1. The van der Waals surface area contributed by atoms with Crippen molar-refractivity contribution in [1.29, 1.82) is 0 Å². The fourth-order valence-corrected chi connectivity index (χ4v) is 3.25. The molecule has 0 radical (unpaired) electrons. The summed E-state index contributed by atoms with van der Waals surface area (Å²) in [5.41, 5.74) is 3.42. The maximum atomic E-state index is 11.8. The lowest BCUT2D eigenvalue weighted by Gasteiger charge is -2.08. The van der Waals surface area contributed by atoms with Crippen molar-refractivity contribution in [2.24, 2.45) is 0 Å². The highest BCUT2D eigenvalue weighted by Gasteiger charge is 2.12. The third-order valence-corrected chi connectivity index (χ3v) is 5.32. The lowest BCUT2D eigenvalue weighted by Crippen LogP contribution is -2.14. The lowest BCUT2D eigenvalue weighted by molar-refractivity contribution is 0.602. The summed E-state index contributed by atoms with van der Waals surface area (Å²) in [7, 11) is -3.34. The molecule has 3 heterocycles. The maximum absolute atomic E-state index is 11.8. The first kappa shape index (κ1) is 17.1. The summed E-state index contributed by atoms with van der Waals surface area (Å²) in [5.74, 6) is 0.620. The second-order valence-electron chi connectivity index (χ2n) is 5.83. The van der Waals surface area contributed by atoms with E-state index in [4.69, 9.17) is 0 Å². The van der Waals surface area contributed by atoms with Gasteiger partial charge in [-0.1, -0.05) is 12.1 Å². The first-order chi connectivity index (χ1) is 13.1. The van der Waals surface area contributed by atoms with E-state index in [1.54, 1.807) is 42.0 Å². The summed E-state index contributed by atoms with van der Waals surface area (Å²) in [6, 6.07) is 14.4. The Morgan fingerprint density at radius 2 is 1.81 bits per heavy atom. The van der Waals surface area contributed by atoms with Crippen LogP contribution in [0.4, 0.5) is 5.69 Å². The van der Waals surface area contributed by atoms with Crippen molar-refractivity contribution in [1.82, 2.24) is 24.8 Å². The number of hydrogen-bond acceptors (Lipinski definition) is 6. The lowest BCUT2D eigenvalue weighted by atomic mass is 10.1. The highest BCUT2D eigenvalue weighted by atomic mass is 32.2. The van der Waals surface area contributed by atoms with Crippen molar-refractivity contribution in [2.45, 2.75) is 6.92 Å². The van der Waals surface area contributed by atoms with E-state index in [1.165, 1.54) is 0 Å². The van der Waals surface area contributed by atoms with Gasteiger partial charge in [0, 0.05) is 29.2 Å². The van der Waals surface area contributed by atoms with Crippen molar-refractivity contribution in [3.05, 3.63) is 60.9 Å². The summed E-state index contributed by atoms with van der Waals surface area (Å²) in [5, 5.41) is 13.0. The Labute approximate surface area is 156 Å². The van der Waals surface area contributed by atoms with Crippen LogP contribution < -0.4 is 4.72 Å². The molecule has 0 aliphatic heterocycles. The van der Waals surface area contributed by atoms with Crippen LogP contribution in [0.25, 0.3) is 28.3 Å². The van der Waals surface area contributed by atoms with Gasteiger partial charge < -0.3 is 0 Å². The van der Waals surface area contributed by atoms with Gasteiger partial charge in [-0.15, -0.1) is 10.2 Å². The molecule has 0 saturated heterocycles. The quantitative estimate of drug-likeness (QED) is 0.571. The van der Waals surface area contributed by atoms with Gasteiger partial charge in [0.25, 0.3) is 0 Å². The predicted molar refractivity (Wildman–Crippen MR) is 103 cm³/mol. The number of nitrogens with one attached hydrogen (secondary N) is 1. The summed E-state index contributed by atoms with van der Waals surface area (Å²) >= 11 is 0. The van der Waals surface area contributed by atoms with Gasteiger partial charge in [-0.3, -0.25) is 9.71 Å². The van der Waals surface area contributed by atoms with Gasteiger partial charge in [0.05, 0.1) is 11.4 Å². The van der Waals surface area contributed by atoms with E-state index in [1.807, 2.05) is 30.3 Å². The zero-order valence-electron chi connectivity index (χ0n) is 14.4. The molecule has 136 valence electrons. The molecular weight excluding hydrogens is 364 g/mol. The molecule has 0 unspecified atom stereocenters. The first-order valence-corrected chi connectivity index (χ1v) is 9.95. The van der Waals surface area contributed by atoms with Crippen LogP contribution in [0.2, 0.25) is 0 Å². The van der Waals surface area contributed by atoms with E-state index >= 15 is 0 Å². The molecule has 1 aromatic carbocycles. The third-order valence-electron chi connectivity index (χ3n) is 4.01. The molecular formula is C18H16N6O2S. The number of benzene rings is 1. The van der Waals surface area contributed by atoms with E-state index in [0.717, 1.165) is 11.1 Å². The minimum Gasteiger partial charge on any atom is -0.284 e. The first-order valence-electron chi connectivity index (χ1n) is 8.29. The van der Waals surface area contributed by atoms with Gasteiger partial charge in [-0.25, -0.2) is 8.42 Å². The van der Waals surface area contributed by atoms with Crippen LogP contribution >= 0.6 is 0 Å². The molecule has 0 fully saturated rings. The number of rotatable bonds is 5. The molecule has 0 aliphatic rings. The van der Waals surface area contributed by atoms with Crippen LogP contribution in [0.5, 0.6) is 0 Å². The molecule has 3 aromatic heterocycles. The van der Waals surface area contributed by atoms with E-state index in [-0.39, 0.29) is 5.75 Å². The van der Waals surface area contributed by atoms with Crippen molar-refractivity contribution >= 4 is 21.4 Å². The Kier molecular flexibility index (Phi) is 4.28. The van der Waals surface area contributed by atoms with Crippen LogP contribution in [-0.2, 0) is 10.0 Å². The topological polar surface area (TPSA) is 102 Å². The summed E-state index contributed by atoms with van der Waals surface area (Å²) in [6.07, 6.45) is 3.37. The van der Waals surface area contributed by atoms with Crippen LogP contribution in [0.3, 0.4) is 0 Å². The Balaban J connectivity index is 1.77. The normalized spacial score (nSPS) is 11.6. The standard InChI is InChI=1S/C18H16N6O2S/c1-2-27(25,26)23-15-5-3-4-14(12-15)16-6-7-17-20-21-18(24(17)22-16)13-8-10-19-11-9-13/h3-12,23H,2H2,1H3. The minimum absolute atomic E-state index is 0.0113. The zero-order chi connectivity index (χ0) is 18.9. The molecule has 8 nitrogen and oxygen atoms in total. The number of nitrogens with zero attached hydrogens (tertiary/aromatic N) is 5. The molecule has 27 heavy (non-hydrogen) atoms. The summed E-state index contributed by atoms with van der Waals surface area (Å²) in [4.78, 5) is 4.01. The predicted octanol–water partition coefficient (Wildman–Crippen LogP) is 2.61. The van der Waals surface area contributed by atoms with Crippen molar-refractivity contribution in [2.75, 3.05) is 10.5 Å². The highest BCUT2D eigenvalue weighted by Crippen LogP contribution is 2.23. The van der Waals surface area contributed by atoms with Gasteiger partial charge in [0.15, 0.2) is 11.5 Å². The fraction of sp³-hybridized carbons (Fsp3) is 0.111. The summed E-state index contributed by atoms with van der Waals surface area (Å²) < 4.78 is 27.8. The van der Waals surface area contributed by atoms with Crippen LogP contribution in [0.15, 0.2) is 60.9 Å². The largest absolute Gasteiger partial charge is 0.284 e. The second-order valence-corrected chi connectivity index (χ2v) is 7.85. The third kappa shape index (κ3) is 3.49. The zero-order valence-corrected chi connectivity index (χ0v) is 15.3. The van der Waals surface area contributed by atoms with Crippen LogP contribution in [0.1, 0.15) is 6.92 Å². The molecule has 0 aliphatic carbocycles. The van der Waals surface area contributed by atoms with Crippen molar-refractivity contribution < 1.29 is 8.42 Å². The Bertz CT molecular complexity index is 1200. The van der Waals surface area contributed by atoms with Crippen LogP contribution in [-0.4, -0.2) is 39.0 Å². The van der Waals surface area contributed by atoms with Crippen LogP contribution in [0, 0.1) is 0 Å². The molecule has 0 atom stereocenters. The number of anilines is 1. The number of aromatic nitrogens is 5. The molecule has 4 rings (SSSR count). The monoisotopic (exact) mass is 380 g/mol. The molecule has 0 spiro atoms. The molecule has 0 amide bonds. The van der Waals surface area contributed by atoms with E-state index in [9.17, 15) is 8.42 Å². The smallest absolute Gasteiger partial charge is 0.232 e. The molecule has 4 aromatic rings. The average Bonchev–Trinajstić information content (AvgIpc) is 3.12. The average molecular weight is 380 g/mol. The van der Waals surface area contributed by atoms with Gasteiger partial charge in [-0.2, -0.15) is 9.61 Å². The van der Waals surface area contributed by atoms with Gasteiger partial charge >= 0.3 is 0 Å². The second kappa shape index (κ2) is 6.76. The van der Waals surface area contributed by atoms with Gasteiger partial charge in [0.2, 0.25) is 10.0 Å². The highest BCUT2D eigenvalue weighted by molar-refractivity contribution is 7.92. The molecule has 9 heteroatoms. The molecule has 0 saturated carbocycles. The minimum atomic E-state index is -3.34. The number of pyridine rings is 1. The maximum Gasteiger partial charge on any atom is 0.232 e. The van der Waals surface area contributed by atoms with Crippen molar-refractivity contribution in [3.8, 4) is 22.6 Å². The Hall–Kier alpha value is -3.33. The van der Waals surface area contributed by atoms with E-state index < -0.39 is 10.0 Å². The van der Waals surface area contributed by atoms with E-state index in [0.29, 0.717) is 22.9 Å². The van der Waals surface area contributed by atoms with E-state index in [2.05, 4.69) is 25.0 Å². The van der Waals surface area contributed by atoms with Gasteiger partial charge in [0.1, 0.15) is 0 Å². The number of sulfonamides is 1. The Morgan fingerprint density at radius 1 is 1.00 bits per heavy atom.